The standard InChI is InChI=1S/C25H39N3O5/c1-6-16-28(23(31)17(2)26-24(32)33-25(3,4)5)21(18-12-14-20(29)15-13-18)22(30)27-19-10-8-7-9-11-19/h12-15,17,19,21,29H,6-11,16H2,1-5H3,(H,26,32)(H,27,30). The Balaban J connectivity index is 2.28. The Bertz CT molecular complexity index is 797. The first kappa shape index (κ1) is 26.5. The van der Waals surface area contributed by atoms with Crippen molar-refractivity contribution in [3.05, 3.63) is 29.8 Å². The molecule has 0 saturated heterocycles. The van der Waals surface area contributed by atoms with Crippen molar-refractivity contribution >= 4 is 17.9 Å². The molecule has 8 nitrogen and oxygen atoms in total. The van der Waals surface area contributed by atoms with Gasteiger partial charge in [0.2, 0.25) is 11.8 Å². The lowest BCUT2D eigenvalue weighted by Crippen LogP contribution is -2.53. The van der Waals surface area contributed by atoms with Gasteiger partial charge in [-0.2, -0.15) is 0 Å². The Hall–Kier alpha value is -2.77. The number of phenols is 1. The zero-order valence-electron chi connectivity index (χ0n) is 20.5. The highest BCUT2D eigenvalue weighted by Gasteiger charge is 2.35. The largest absolute Gasteiger partial charge is 0.508 e. The van der Waals surface area contributed by atoms with Crippen LogP contribution in [0.3, 0.4) is 0 Å². The number of rotatable bonds is 8. The monoisotopic (exact) mass is 461 g/mol. The topological polar surface area (TPSA) is 108 Å². The quantitative estimate of drug-likeness (QED) is 0.542. The molecule has 1 aliphatic carbocycles. The number of nitrogens with one attached hydrogen (secondary N) is 2. The van der Waals surface area contributed by atoms with Crippen LogP contribution in [0.1, 0.15) is 84.7 Å². The van der Waals surface area contributed by atoms with Gasteiger partial charge in [0.1, 0.15) is 23.4 Å². The van der Waals surface area contributed by atoms with E-state index < -0.39 is 23.8 Å². The molecule has 8 heteroatoms. The predicted octanol–water partition coefficient (Wildman–Crippen LogP) is 4.03. The molecular weight excluding hydrogens is 422 g/mol. The van der Waals surface area contributed by atoms with Crippen LogP contribution in [0, 0.1) is 0 Å². The minimum absolute atomic E-state index is 0.0820. The fraction of sp³-hybridized carbons (Fsp3) is 0.640. The van der Waals surface area contributed by atoms with E-state index >= 15 is 0 Å². The van der Waals surface area contributed by atoms with E-state index in [1.54, 1.807) is 39.8 Å². The van der Waals surface area contributed by atoms with Crippen LogP contribution in [0.2, 0.25) is 0 Å². The molecule has 184 valence electrons. The van der Waals surface area contributed by atoms with E-state index in [0.717, 1.165) is 25.7 Å². The van der Waals surface area contributed by atoms with Gasteiger partial charge in [-0.3, -0.25) is 9.59 Å². The molecule has 3 amide bonds. The number of hydrogen-bond acceptors (Lipinski definition) is 5. The summed E-state index contributed by atoms with van der Waals surface area (Å²) in [7, 11) is 0. The lowest BCUT2D eigenvalue weighted by molar-refractivity contribution is -0.142. The molecule has 1 saturated carbocycles. The van der Waals surface area contributed by atoms with Crippen LogP contribution in [0.25, 0.3) is 0 Å². The van der Waals surface area contributed by atoms with Gasteiger partial charge in [-0.1, -0.05) is 38.3 Å². The van der Waals surface area contributed by atoms with Crippen molar-refractivity contribution in [2.75, 3.05) is 6.54 Å². The summed E-state index contributed by atoms with van der Waals surface area (Å²) in [6.07, 6.45) is 5.11. The molecular formula is C25H39N3O5. The third kappa shape index (κ3) is 8.26. The maximum Gasteiger partial charge on any atom is 0.408 e. The summed E-state index contributed by atoms with van der Waals surface area (Å²) in [5.41, 5.74) is -0.0860. The van der Waals surface area contributed by atoms with E-state index in [0.29, 0.717) is 18.5 Å². The number of carbonyl (C=O) groups excluding carboxylic acids is 3. The predicted molar refractivity (Wildman–Crippen MR) is 127 cm³/mol. The van der Waals surface area contributed by atoms with E-state index in [9.17, 15) is 19.5 Å². The van der Waals surface area contributed by atoms with E-state index in [2.05, 4.69) is 10.6 Å². The zero-order chi connectivity index (χ0) is 24.6. The molecule has 3 N–H and O–H groups in total. The van der Waals surface area contributed by atoms with Gasteiger partial charge in [0.15, 0.2) is 0 Å². The second-order valence-electron chi connectivity index (χ2n) is 9.74. The fourth-order valence-corrected chi connectivity index (χ4v) is 4.06. The molecule has 1 aromatic rings. The number of phenolic OH excluding ortho intramolecular Hbond substituents is 1. The van der Waals surface area contributed by atoms with E-state index in [-0.39, 0.29) is 23.6 Å². The number of hydrogen-bond donors (Lipinski definition) is 3. The number of ether oxygens (including phenoxy) is 1. The SMILES string of the molecule is CCCN(C(=O)C(C)NC(=O)OC(C)(C)C)C(C(=O)NC1CCCCC1)c1ccc(O)cc1. The molecule has 33 heavy (non-hydrogen) atoms. The van der Waals surface area contributed by atoms with Gasteiger partial charge in [0, 0.05) is 12.6 Å². The number of amides is 3. The summed E-state index contributed by atoms with van der Waals surface area (Å²) in [5, 5.41) is 15.4. The first-order valence-electron chi connectivity index (χ1n) is 11.9. The van der Waals surface area contributed by atoms with E-state index in [4.69, 9.17) is 4.74 Å². The molecule has 0 heterocycles. The van der Waals surface area contributed by atoms with E-state index in [1.807, 2.05) is 6.92 Å². The van der Waals surface area contributed by atoms with Crippen molar-refractivity contribution in [2.45, 2.75) is 96.9 Å². The maximum absolute atomic E-state index is 13.5. The summed E-state index contributed by atoms with van der Waals surface area (Å²) in [6, 6.07) is 4.66. The molecule has 0 bridgehead atoms. The first-order chi connectivity index (χ1) is 15.5. The highest BCUT2D eigenvalue weighted by atomic mass is 16.6. The Morgan fingerprint density at radius 3 is 2.27 bits per heavy atom. The molecule has 1 aromatic carbocycles. The van der Waals surface area contributed by atoms with Crippen molar-refractivity contribution in [1.29, 1.82) is 0 Å². The Kier molecular flexibility index (Phi) is 9.56. The average Bonchev–Trinajstić information content (AvgIpc) is 2.73. The maximum atomic E-state index is 13.5. The third-order valence-electron chi connectivity index (χ3n) is 5.57. The number of benzene rings is 1. The molecule has 2 atom stereocenters. The summed E-state index contributed by atoms with van der Waals surface area (Å²) in [6.45, 7) is 9.10. The molecule has 2 unspecified atom stereocenters. The minimum Gasteiger partial charge on any atom is -0.508 e. The van der Waals surface area contributed by atoms with Crippen LogP contribution >= 0.6 is 0 Å². The van der Waals surface area contributed by atoms with Crippen LogP contribution in [0.5, 0.6) is 5.75 Å². The summed E-state index contributed by atoms with van der Waals surface area (Å²) < 4.78 is 5.28. The van der Waals surface area contributed by atoms with Gasteiger partial charge in [0.05, 0.1) is 0 Å². The van der Waals surface area contributed by atoms with Crippen LogP contribution in [-0.2, 0) is 14.3 Å². The number of alkyl carbamates (subject to hydrolysis) is 1. The lowest BCUT2D eigenvalue weighted by Gasteiger charge is -2.35. The smallest absolute Gasteiger partial charge is 0.408 e. The Labute approximate surface area is 197 Å². The molecule has 1 aliphatic rings. The molecule has 2 rings (SSSR count). The fourth-order valence-electron chi connectivity index (χ4n) is 4.06. The molecule has 0 radical (unpaired) electrons. The highest BCUT2D eigenvalue weighted by molar-refractivity contribution is 5.92. The van der Waals surface area contributed by atoms with Gasteiger partial charge >= 0.3 is 6.09 Å². The molecule has 1 fully saturated rings. The summed E-state index contributed by atoms with van der Waals surface area (Å²) >= 11 is 0. The highest BCUT2D eigenvalue weighted by Crippen LogP contribution is 2.26. The minimum atomic E-state index is -0.881. The van der Waals surface area contributed by atoms with Crippen molar-refractivity contribution in [1.82, 2.24) is 15.5 Å². The second-order valence-corrected chi connectivity index (χ2v) is 9.74. The molecule has 0 spiro atoms. The Morgan fingerprint density at radius 1 is 1.12 bits per heavy atom. The third-order valence-corrected chi connectivity index (χ3v) is 5.57. The van der Waals surface area contributed by atoms with Crippen LogP contribution in [0.4, 0.5) is 4.79 Å². The van der Waals surface area contributed by atoms with Crippen molar-refractivity contribution in [3.63, 3.8) is 0 Å². The normalized spacial score (nSPS) is 16.4. The van der Waals surface area contributed by atoms with Gasteiger partial charge in [-0.15, -0.1) is 0 Å². The number of carbonyl (C=O) groups is 3. The van der Waals surface area contributed by atoms with Crippen molar-refractivity contribution < 1.29 is 24.2 Å². The average molecular weight is 462 g/mol. The van der Waals surface area contributed by atoms with Crippen LogP contribution in [-0.4, -0.2) is 52.1 Å². The first-order valence-corrected chi connectivity index (χ1v) is 11.9. The second kappa shape index (κ2) is 11.9. The Morgan fingerprint density at radius 2 is 1.73 bits per heavy atom. The lowest BCUT2D eigenvalue weighted by atomic mass is 9.94. The summed E-state index contributed by atoms with van der Waals surface area (Å²) in [4.78, 5) is 40.6. The number of nitrogens with zero attached hydrogens (tertiary/aromatic N) is 1. The van der Waals surface area contributed by atoms with Gasteiger partial charge < -0.3 is 25.4 Å². The molecule has 0 aromatic heterocycles. The molecule has 0 aliphatic heterocycles. The summed E-state index contributed by atoms with van der Waals surface area (Å²) in [5.74, 6) is -0.544. The van der Waals surface area contributed by atoms with Crippen LogP contribution < -0.4 is 10.6 Å². The van der Waals surface area contributed by atoms with Crippen molar-refractivity contribution in [3.8, 4) is 5.75 Å². The van der Waals surface area contributed by atoms with Crippen molar-refractivity contribution in [2.24, 2.45) is 0 Å². The van der Waals surface area contributed by atoms with E-state index in [1.165, 1.54) is 23.5 Å². The van der Waals surface area contributed by atoms with Gasteiger partial charge in [-0.25, -0.2) is 4.79 Å². The van der Waals surface area contributed by atoms with Crippen LogP contribution in [0.15, 0.2) is 24.3 Å². The van der Waals surface area contributed by atoms with Gasteiger partial charge in [0.25, 0.3) is 0 Å². The van der Waals surface area contributed by atoms with Gasteiger partial charge in [-0.05, 0) is 64.7 Å². The number of aromatic hydroxyl groups is 1. The zero-order valence-corrected chi connectivity index (χ0v) is 20.5.